The molecule has 1 N–H and O–H groups in total. The van der Waals surface area contributed by atoms with Gasteiger partial charge in [-0.1, -0.05) is 6.07 Å². The summed E-state index contributed by atoms with van der Waals surface area (Å²) in [6.45, 7) is 7.03. The summed E-state index contributed by atoms with van der Waals surface area (Å²) in [6, 6.07) is 6.17. The fourth-order valence-electron chi connectivity index (χ4n) is 2.60. The molecule has 0 radical (unpaired) electrons. The van der Waals surface area contributed by atoms with Gasteiger partial charge in [-0.15, -0.1) is 0 Å². The van der Waals surface area contributed by atoms with Crippen molar-refractivity contribution >= 4 is 5.91 Å². The van der Waals surface area contributed by atoms with Gasteiger partial charge in [0.25, 0.3) is 0 Å². The van der Waals surface area contributed by atoms with Gasteiger partial charge in [0.15, 0.2) is 0 Å². The molecule has 0 aliphatic carbocycles. The van der Waals surface area contributed by atoms with Gasteiger partial charge in [0.05, 0.1) is 12.5 Å². The monoisotopic (exact) mass is 276 g/mol. The molecular formula is C16H24N2O2. The highest BCUT2D eigenvalue weighted by molar-refractivity contribution is 5.79. The van der Waals surface area contributed by atoms with E-state index >= 15 is 0 Å². The highest BCUT2D eigenvalue weighted by atomic mass is 16.5. The summed E-state index contributed by atoms with van der Waals surface area (Å²) in [5.74, 6) is 1.24. The predicted molar refractivity (Wildman–Crippen MR) is 80.0 cm³/mol. The number of likely N-dealkylation sites (N-methyl/N-ethyl adjacent to an activating group) is 1. The lowest BCUT2D eigenvalue weighted by atomic mass is 10.1. The molecule has 1 saturated heterocycles. The number of hydrogen-bond acceptors (Lipinski definition) is 3. The molecule has 0 spiro atoms. The Bertz CT molecular complexity index is 447. The second-order valence-electron chi connectivity index (χ2n) is 5.62. The molecule has 1 atom stereocenters. The number of amides is 1. The molecule has 1 amide bonds. The number of carbonyl (C=O) groups is 1. The van der Waals surface area contributed by atoms with Crippen molar-refractivity contribution in [1.29, 1.82) is 0 Å². The van der Waals surface area contributed by atoms with Gasteiger partial charge in [0.1, 0.15) is 12.4 Å². The smallest absolute Gasteiger partial charge is 0.226 e. The molecule has 1 aromatic carbocycles. The van der Waals surface area contributed by atoms with Crippen molar-refractivity contribution in [3.8, 4) is 5.75 Å². The molecule has 4 nitrogen and oxygen atoms in total. The van der Waals surface area contributed by atoms with Gasteiger partial charge in [0, 0.05) is 13.6 Å². The molecular weight excluding hydrogens is 252 g/mol. The predicted octanol–water partition coefficient (Wildman–Crippen LogP) is 1.75. The van der Waals surface area contributed by atoms with E-state index in [9.17, 15) is 4.79 Å². The van der Waals surface area contributed by atoms with Crippen molar-refractivity contribution in [2.45, 2.75) is 20.3 Å². The molecule has 1 heterocycles. The van der Waals surface area contributed by atoms with Gasteiger partial charge < -0.3 is 15.0 Å². The Balaban J connectivity index is 1.78. The van der Waals surface area contributed by atoms with Gasteiger partial charge in [0.2, 0.25) is 5.91 Å². The Morgan fingerprint density at radius 3 is 2.65 bits per heavy atom. The van der Waals surface area contributed by atoms with Crippen molar-refractivity contribution in [3.63, 3.8) is 0 Å². The van der Waals surface area contributed by atoms with Crippen molar-refractivity contribution in [2.24, 2.45) is 5.92 Å². The maximum Gasteiger partial charge on any atom is 0.226 e. The van der Waals surface area contributed by atoms with E-state index in [2.05, 4.69) is 25.2 Å². The Labute approximate surface area is 121 Å². The number of nitrogens with zero attached hydrogens (tertiary/aromatic N) is 1. The number of hydrogen-bond donors (Lipinski definition) is 1. The van der Waals surface area contributed by atoms with Crippen molar-refractivity contribution in [2.75, 3.05) is 33.3 Å². The van der Waals surface area contributed by atoms with Crippen LogP contribution in [0.1, 0.15) is 17.5 Å². The average molecular weight is 276 g/mol. The summed E-state index contributed by atoms with van der Waals surface area (Å²) in [5, 5.41) is 3.22. The van der Waals surface area contributed by atoms with E-state index in [-0.39, 0.29) is 11.8 Å². The zero-order valence-electron chi connectivity index (χ0n) is 12.6. The Morgan fingerprint density at radius 1 is 1.35 bits per heavy atom. The van der Waals surface area contributed by atoms with E-state index in [1.807, 2.05) is 19.2 Å². The van der Waals surface area contributed by atoms with Crippen LogP contribution in [0.25, 0.3) is 0 Å². The number of benzene rings is 1. The summed E-state index contributed by atoms with van der Waals surface area (Å²) in [5.41, 5.74) is 2.39. The lowest BCUT2D eigenvalue weighted by Gasteiger charge is -2.20. The standard InChI is InChI=1S/C16H24N2O2/c1-12-8-13(2)10-15(9-12)20-7-6-18(3)16(19)14-4-5-17-11-14/h8-10,14,17H,4-7,11H2,1-3H3. The quantitative estimate of drug-likeness (QED) is 0.891. The highest BCUT2D eigenvalue weighted by Gasteiger charge is 2.24. The Morgan fingerprint density at radius 2 is 2.05 bits per heavy atom. The third-order valence-corrected chi connectivity index (χ3v) is 3.68. The molecule has 110 valence electrons. The summed E-state index contributed by atoms with van der Waals surface area (Å²) < 4.78 is 5.74. The van der Waals surface area contributed by atoms with E-state index in [1.165, 1.54) is 11.1 Å². The second kappa shape index (κ2) is 6.75. The van der Waals surface area contributed by atoms with E-state index in [0.717, 1.165) is 25.3 Å². The first-order valence-electron chi connectivity index (χ1n) is 7.23. The van der Waals surface area contributed by atoms with Crippen molar-refractivity contribution in [1.82, 2.24) is 10.2 Å². The minimum Gasteiger partial charge on any atom is -0.492 e. The summed E-state index contributed by atoms with van der Waals surface area (Å²) in [6.07, 6.45) is 0.946. The number of ether oxygens (including phenoxy) is 1. The van der Waals surface area contributed by atoms with Crippen LogP contribution in [-0.4, -0.2) is 44.1 Å². The van der Waals surface area contributed by atoms with E-state index in [4.69, 9.17) is 4.74 Å². The van der Waals surface area contributed by atoms with Crippen LogP contribution in [0.4, 0.5) is 0 Å². The summed E-state index contributed by atoms with van der Waals surface area (Å²) in [4.78, 5) is 13.9. The van der Waals surface area contributed by atoms with Crippen LogP contribution in [0.15, 0.2) is 18.2 Å². The maximum absolute atomic E-state index is 12.1. The topological polar surface area (TPSA) is 41.6 Å². The normalized spacial score (nSPS) is 18.1. The Kier molecular flexibility index (Phi) is 5.01. The van der Waals surface area contributed by atoms with E-state index in [1.54, 1.807) is 4.90 Å². The average Bonchev–Trinajstić information content (AvgIpc) is 2.90. The summed E-state index contributed by atoms with van der Waals surface area (Å²) >= 11 is 0. The molecule has 20 heavy (non-hydrogen) atoms. The minimum atomic E-state index is 0.140. The molecule has 0 bridgehead atoms. The molecule has 1 aliphatic rings. The number of rotatable bonds is 5. The molecule has 2 rings (SSSR count). The molecule has 1 unspecified atom stereocenters. The van der Waals surface area contributed by atoms with Gasteiger partial charge in [-0.05, 0) is 50.1 Å². The van der Waals surface area contributed by atoms with Crippen molar-refractivity contribution < 1.29 is 9.53 Å². The first-order valence-corrected chi connectivity index (χ1v) is 7.23. The minimum absolute atomic E-state index is 0.140. The van der Waals surface area contributed by atoms with Crippen LogP contribution in [0, 0.1) is 19.8 Å². The molecule has 0 saturated carbocycles. The van der Waals surface area contributed by atoms with E-state index in [0.29, 0.717) is 13.2 Å². The van der Waals surface area contributed by atoms with Crippen LogP contribution in [0.5, 0.6) is 5.75 Å². The van der Waals surface area contributed by atoms with Gasteiger partial charge >= 0.3 is 0 Å². The highest BCUT2D eigenvalue weighted by Crippen LogP contribution is 2.16. The number of nitrogens with one attached hydrogen (secondary N) is 1. The summed E-state index contributed by atoms with van der Waals surface area (Å²) in [7, 11) is 1.85. The molecule has 1 aromatic rings. The fraction of sp³-hybridized carbons (Fsp3) is 0.562. The fourth-order valence-corrected chi connectivity index (χ4v) is 2.60. The largest absolute Gasteiger partial charge is 0.492 e. The molecule has 4 heteroatoms. The first kappa shape index (κ1) is 14.9. The zero-order chi connectivity index (χ0) is 14.5. The third kappa shape index (κ3) is 3.97. The van der Waals surface area contributed by atoms with Crippen LogP contribution < -0.4 is 10.1 Å². The zero-order valence-corrected chi connectivity index (χ0v) is 12.6. The van der Waals surface area contributed by atoms with Crippen LogP contribution in [0.2, 0.25) is 0 Å². The Hall–Kier alpha value is -1.55. The first-order chi connectivity index (χ1) is 9.56. The van der Waals surface area contributed by atoms with Crippen LogP contribution in [-0.2, 0) is 4.79 Å². The van der Waals surface area contributed by atoms with Crippen LogP contribution in [0.3, 0.4) is 0 Å². The number of carbonyl (C=O) groups excluding carboxylic acids is 1. The van der Waals surface area contributed by atoms with Gasteiger partial charge in [-0.3, -0.25) is 4.79 Å². The lowest BCUT2D eigenvalue weighted by molar-refractivity contribution is -0.133. The lowest BCUT2D eigenvalue weighted by Crippen LogP contribution is -2.36. The van der Waals surface area contributed by atoms with Crippen LogP contribution >= 0.6 is 0 Å². The van der Waals surface area contributed by atoms with Crippen molar-refractivity contribution in [3.05, 3.63) is 29.3 Å². The van der Waals surface area contributed by atoms with E-state index < -0.39 is 0 Å². The third-order valence-electron chi connectivity index (χ3n) is 3.68. The molecule has 1 aliphatic heterocycles. The van der Waals surface area contributed by atoms with Gasteiger partial charge in [-0.25, -0.2) is 0 Å². The molecule has 1 fully saturated rings. The second-order valence-corrected chi connectivity index (χ2v) is 5.62. The van der Waals surface area contributed by atoms with Gasteiger partial charge in [-0.2, -0.15) is 0 Å². The maximum atomic E-state index is 12.1. The molecule has 0 aromatic heterocycles. The number of aryl methyl sites for hydroxylation is 2. The SMILES string of the molecule is Cc1cc(C)cc(OCCN(C)C(=O)C2CCNC2)c1.